The molecule has 7 rings (SSSR count). The van der Waals surface area contributed by atoms with Gasteiger partial charge < -0.3 is 43.7 Å². The molecule has 13 heteroatoms. The van der Waals surface area contributed by atoms with Crippen LogP contribution in [0.3, 0.4) is 0 Å². The number of morpholine rings is 1. The van der Waals surface area contributed by atoms with Gasteiger partial charge in [0, 0.05) is 61.1 Å². The fourth-order valence-corrected chi connectivity index (χ4v) is 8.20. The number of phenols is 2. The lowest BCUT2D eigenvalue weighted by atomic mass is 9.68. The number of ether oxygens (including phenoxy) is 6. The van der Waals surface area contributed by atoms with Gasteiger partial charge in [0.15, 0.2) is 30.4 Å². The van der Waals surface area contributed by atoms with E-state index in [0.717, 1.165) is 0 Å². The molecule has 0 bridgehead atoms. The number of Topliss-reactive ketones (excluding diaryl/α,β-unsaturated/α-hetero) is 1. The number of benzene rings is 2. The maximum Gasteiger partial charge on any atom is 0.202 e. The number of phenolic OH excluding ortho intramolecular Hbond substituents is 2. The lowest BCUT2D eigenvalue weighted by Gasteiger charge is -2.44. The van der Waals surface area contributed by atoms with Crippen LogP contribution in [0.25, 0.3) is 0 Å². The first-order valence-corrected chi connectivity index (χ1v) is 16.2. The van der Waals surface area contributed by atoms with Gasteiger partial charge in [-0.2, -0.15) is 0 Å². The van der Waals surface area contributed by atoms with E-state index in [0.29, 0.717) is 19.6 Å². The molecule has 0 aromatic heterocycles. The Morgan fingerprint density at radius 3 is 2.46 bits per heavy atom. The minimum Gasteiger partial charge on any atom is -0.507 e. The molecule has 3 fully saturated rings. The highest BCUT2D eigenvalue weighted by atomic mass is 16.7. The van der Waals surface area contributed by atoms with Gasteiger partial charge in [-0.1, -0.05) is 32.9 Å². The zero-order chi connectivity index (χ0) is 34.4. The molecule has 0 amide bonds. The Hall–Kier alpha value is -3.43. The van der Waals surface area contributed by atoms with Crippen LogP contribution in [0.1, 0.15) is 89.6 Å². The van der Waals surface area contributed by atoms with Gasteiger partial charge in [-0.05, 0) is 13.0 Å². The molecule has 0 radical (unpaired) electrons. The van der Waals surface area contributed by atoms with Crippen LogP contribution < -0.4 is 4.74 Å². The Balaban J connectivity index is 1.31. The van der Waals surface area contributed by atoms with Crippen molar-refractivity contribution >= 4 is 17.3 Å². The average molecular weight is 668 g/mol. The van der Waals surface area contributed by atoms with E-state index in [1.54, 1.807) is 33.9 Å². The average Bonchev–Trinajstić information content (AvgIpc) is 3.43. The quantitative estimate of drug-likeness (QED) is 0.340. The van der Waals surface area contributed by atoms with Gasteiger partial charge in [-0.15, -0.1) is 0 Å². The lowest BCUT2D eigenvalue weighted by molar-refractivity contribution is -0.256. The van der Waals surface area contributed by atoms with Gasteiger partial charge in [0.25, 0.3) is 0 Å². The fourth-order valence-electron chi connectivity index (χ4n) is 8.20. The van der Waals surface area contributed by atoms with Gasteiger partial charge in [-0.25, -0.2) is 0 Å². The summed E-state index contributed by atoms with van der Waals surface area (Å²) in [5, 5.41) is 35.7. The molecule has 8 atom stereocenters. The first-order chi connectivity index (χ1) is 22.7. The SMILES string of the molecule is COc1cccc2c1C(=O)c1c(O)c3c(c(O)c1C2=O)C[C@@](O)(C(=O)C(C)(C)C)C[C@@H]3O[C@H]1C[C@H]2[C@H](O[C@@H]3[C@@H](OC)OCCN32)[C@H](C)O1. The topological polar surface area (TPSA) is 171 Å². The Bertz CT molecular complexity index is 1700. The summed E-state index contributed by atoms with van der Waals surface area (Å²) in [5.74, 6) is -2.94. The highest BCUT2D eigenvalue weighted by molar-refractivity contribution is 6.31. The second-order valence-corrected chi connectivity index (χ2v) is 14.3. The van der Waals surface area contributed by atoms with Crippen molar-refractivity contribution in [2.24, 2.45) is 5.41 Å². The zero-order valence-corrected chi connectivity index (χ0v) is 27.8. The number of carbonyl (C=O) groups excluding carboxylic acids is 3. The molecule has 3 N–H and O–H groups in total. The molecule has 2 aromatic carbocycles. The van der Waals surface area contributed by atoms with E-state index in [1.165, 1.54) is 19.2 Å². The molecule has 3 heterocycles. The molecule has 13 nitrogen and oxygen atoms in total. The number of methoxy groups -OCH3 is 2. The van der Waals surface area contributed by atoms with Crippen molar-refractivity contribution in [3.63, 3.8) is 0 Å². The predicted octanol–water partition coefficient (Wildman–Crippen LogP) is 2.77. The van der Waals surface area contributed by atoms with Crippen LogP contribution in [0.5, 0.6) is 17.2 Å². The molecule has 5 aliphatic rings. The molecule has 48 heavy (non-hydrogen) atoms. The Morgan fingerprint density at radius 2 is 1.77 bits per heavy atom. The van der Waals surface area contributed by atoms with E-state index < -0.39 is 88.4 Å². The van der Waals surface area contributed by atoms with E-state index in [-0.39, 0.29) is 46.6 Å². The minimum absolute atomic E-state index is 0.00111. The number of hydrogen-bond acceptors (Lipinski definition) is 13. The molecule has 3 aliphatic heterocycles. The summed E-state index contributed by atoms with van der Waals surface area (Å²) in [4.78, 5) is 43.8. The molecule has 2 aliphatic carbocycles. The second-order valence-electron chi connectivity index (χ2n) is 14.3. The number of aliphatic hydroxyl groups is 1. The molecule has 0 spiro atoms. The van der Waals surface area contributed by atoms with Crippen molar-refractivity contribution in [3.05, 3.63) is 51.6 Å². The largest absolute Gasteiger partial charge is 0.507 e. The van der Waals surface area contributed by atoms with Crippen LogP contribution in [0.2, 0.25) is 0 Å². The third kappa shape index (κ3) is 4.90. The number of carbonyl (C=O) groups is 3. The minimum atomic E-state index is -2.04. The van der Waals surface area contributed by atoms with E-state index in [9.17, 15) is 29.7 Å². The summed E-state index contributed by atoms with van der Waals surface area (Å²) in [7, 11) is 2.92. The Morgan fingerprint density at radius 1 is 1.04 bits per heavy atom. The number of hydrogen-bond donors (Lipinski definition) is 3. The highest BCUT2D eigenvalue weighted by Gasteiger charge is 2.56. The first kappa shape index (κ1) is 33.1. The van der Waals surface area contributed by atoms with Crippen LogP contribution in [0.15, 0.2) is 18.2 Å². The summed E-state index contributed by atoms with van der Waals surface area (Å²) in [5.41, 5.74) is -3.89. The molecule has 3 saturated heterocycles. The van der Waals surface area contributed by atoms with Gasteiger partial charge in [-0.3, -0.25) is 19.3 Å². The smallest absolute Gasteiger partial charge is 0.202 e. The van der Waals surface area contributed by atoms with Crippen LogP contribution >= 0.6 is 0 Å². The molecule has 0 saturated carbocycles. The van der Waals surface area contributed by atoms with E-state index in [4.69, 9.17) is 28.4 Å². The molecule has 0 unspecified atom stereocenters. The zero-order valence-electron chi connectivity index (χ0n) is 27.8. The van der Waals surface area contributed by atoms with E-state index >= 15 is 0 Å². The molecular weight excluding hydrogens is 626 g/mol. The van der Waals surface area contributed by atoms with Crippen LogP contribution in [0, 0.1) is 5.41 Å². The van der Waals surface area contributed by atoms with E-state index in [1.807, 2.05) is 6.92 Å². The molecule has 2 aromatic rings. The summed E-state index contributed by atoms with van der Waals surface area (Å²) >= 11 is 0. The maximum absolute atomic E-state index is 14.0. The van der Waals surface area contributed by atoms with Crippen molar-refractivity contribution in [3.8, 4) is 17.2 Å². The van der Waals surface area contributed by atoms with Crippen molar-refractivity contribution in [1.82, 2.24) is 4.90 Å². The number of fused-ring (bicyclic) bond motifs is 6. The van der Waals surface area contributed by atoms with Crippen molar-refractivity contribution < 1.29 is 58.1 Å². The third-order valence-electron chi connectivity index (χ3n) is 10.3. The second kappa shape index (κ2) is 11.6. The normalized spacial score (nSPS) is 32.9. The van der Waals surface area contributed by atoms with Crippen LogP contribution in [-0.2, 0) is 34.9 Å². The summed E-state index contributed by atoms with van der Waals surface area (Å²) < 4.78 is 35.8. The summed E-state index contributed by atoms with van der Waals surface area (Å²) in [6.07, 6.45) is -4.25. The van der Waals surface area contributed by atoms with Gasteiger partial charge in [0.05, 0.1) is 42.6 Å². The molecule has 258 valence electrons. The standard InChI is InChI=1S/C35H41NO12/c1-15-30-18(36-10-11-45-32(44-6)31(36)48-30)12-21(46-15)47-20-14-35(42,33(41)34(2,3)4)13-17-23(20)29(40)25-24(27(17)38)26(37)16-8-7-9-19(43-5)22(16)28(25)39/h7-9,15,18,20-21,30-32,38,40,42H,10-14H2,1-6H3/t15-,18-,20-,21-,30+,31+,32-,35-/m0/s1. The lowest BCUT2D eigenvalue weighted by Crippen LogP contribution is -2.55. The van der Waals surface area contributed by atoms with Crippen molar-refractivity contribution in [2.45, 2.75) is 95.7 Å². The van der Waals surface area contributed by atoms with Crippen molar-refractivity contribution in [2.75, 3.05) is 27.4 Å². The number of ketones is 3. The fraction of sp³-hybridized carbons (Fsp3) is 0.571. The first-order valence-electron chi connectivity index (χ1n) is 16.2. The summed E-state index contributed by atoms with van der Waals surface area (Å²) in [6.45, 7) is 7.92. The van der Waals surface area contributed by atoms with Gasteiger partial charge >= 0.3 is 0 Å². The van der Waals surface area contributed by atoms with Gasteiger partial charge in [0.2, 0.25) is 5.78 Å². The van der Waals surface area contributed by atoms with Crippen molar-refractivity contribution in [1.29, 1.82) is 0 Å². The maximum atomic E-state index is 14.0. The van der Waals surface area contributed by atoms with E-state index in [2.05, 4.69) is 4.90 Å². The number of aromatic hydroxyl groups is 2. The number of rotatable bonds is 5. The number of nitrogens with zero attached hydrogens (tertiary/aromatic N) is 1. The third-order valence-corrected chi connectivity index (χ3v) is 10.3. The summed E-state index contributed by atoms with van der Waals surface area (Å²) in [6, 6.07) is 4.38. The van der Waals surface area contributed by atoms with Crippen LogP contribution in [0.4, 0.5) is 0 Å². The Kier molecular flexibility index (Phi) is 7.98. The monoisotopic (exact) mass is 667 g/mol. The predicted molar refractivity (Wildman–Crippen MR) is 166 cm³/mol. The van der Waals surface area contributed by atoms with Crippen LogP contribution in [-0.4, -0.2) is 108 Å². The molecular formula is C35H41NO12. The van der Waals surface area contributed by atoms with Gasteiger partial charge in [0.1, 0.15) is 29.0 Å². The highest BCUT2D eigenvalue weighted by Crippen LogP contribution is 2.53. The Labute approximate surface area is 277 Å².